The van der Waals surface area contributed by atoms with Crippen molar-refractivity contribution in [3.63, 3.8) is 0 Å². The molecule has 0 aliphatic carbocycles. The minimum Gasteiger partial charge on any atom is -0.363 e. The number of aromatic nitrogens is 2. The Hall–Kier alpha value is -1.36. The van der Waals surface area contributed by atoms with E-state index in [9.17, 15) is 0 Å². The Bertz CT molecular complexity index is 710. The van der Waals surface area contributed by atoms with Crippen LogP contribution in [0.1, 0.15) is 50.7 Å². The fourth-order valence-corrected chi connectivity index (χ4v) is 3.92. The summed E-state index contributed by atoms with van der Waals surface area (Å²) in [5.74, 6) is 2.67. The number of aryl methyl sites for hydroxylation is 1. The summed E-state index contributed by atoms with van der Waals surface area (Å²) in [6.07, 6.45) is 3.96. The number of nitrogens with one attached hydrogen (secondary N) is 2. The van der Waals surface area contributed by atoms with E-state index in [1.807, 2.05) is 18.4 Å². The van der Waals surface area contributed by atoms with Crippen LogP contribution >= 0.6 is 35.3 Å². The van der Waals surface area contributed by atoms with Gasteiger partial charge in [0.05, 0.1) is 5.00 Å². The fraction of sp³-hybridized carbons (Fsp3) is 0.632. The van der Waals surface area contributed by atoms with Gasteiger partial charge in [-0.3, -0.25) is 4.99 Å². The second-order valence-corrected chi connectivity index (χ2v) is 8.09. The highest BCUT2D eigenvalue weighted by Crippen LogP contribution is 2.24. The third-order valence-corrected chi connectivity index (χ3v) is 5.67. The predicted molar refractivity (Wildman–Crippen MR) is 126 cm³/mol. The molecular weight excluding hydrogens is 487 g/mol. The van der Waals surface area contributed by atoms with Gasteiger partial charge < -0.3 is 20.1 Å². The number of halogens is 1. The molecule has 0 atom stereocenters. The minimum absolute atomic E-state index is 0. The molecule has 3 rings (SSSR count). The number of anilines is 1. The SMILES string of the molecule is CN=C(NCCCc1nc(C(C)C)no1)NC1CCN(c2cccs2)CC1.I. The standard InChI is InChI=1S/C19H30N6OS.HI/c1-14(2)18-23-16(26-24-18)6-4-10-21-19(20-3)22-15-8-11-25(12-9-15)17-7-5-13-27-17;/h5,7,13-15H,4,6,8-12H2,1-3H3,(H2,20,21,22);1H. The lowest BCUT2D eigenvalue weighted by Gasteiger charge is -2.33. The molecule has 9 heteroatoms. The number of aliphatic imine (C=N–C) groups is 1. The Morgan fingerprint density at radius 3 is 2.79 bits per heavy atom. The number of rotatable bonds is 7. The van der Waals surface area contributed by atoms with Crippen molar-refractivity contribution in [2.24, 2.45) is 4.99 Å². The molecule has 0 bridgehead atoms. The average Bonchev–Trinajstić information content (AvgIpc) is 3.36. The summed E-state index contributed by atoms with van der Waals surface area (Å²) in [4.78, 5) is 11.2. The Morgan fingerprint density at radius 1 is 1.39 bits per heavy atom. The largest absolute Gasteiger partial charge is 0.363 e. The third-order valence-electron chi connectivity index (χ3n) is 4.74. The van der Waals surface area contributed by atoms with Crippen molar-refractivity contribution in [3.8, 4) is 0 Å². The van der Waals surface area contributed by atoms with Crippen LogP contribution in [0.5, 0.6) is 0 Å². The zero-order valence-electron chi connectivity index (χ0n) is 16.9. The summed E-state index contributed by atoms with van der Waals surface area (Å²) in [6, 6.07) is 4.79. The normalized spacial score (nSPS) is 15.6. The molecule has 0 unspecified atom stereocenters. The Balaban J connectivity index is 0.00000280. The maximum atomic E-state index is 5.28. The van der Waals surface area contributed by atoms with Gasteiger partial charge in [-0.1, -0.05) is 19.0 Å². The van der Waals surface area contributed by atoms with Crippen LogP contribution in [0, 0.1) is 0 Å². The van der Waals surface area contributed by atoms with Gasteiger partial charge in [0.25, 0.3) is 0 Å². The summed E-state index contributed by atoms with van der Waals surface area (Å²) in [6.45, 7) is 7.13. The van der Waals surface area contributed by atoms with E-state index >= 15 is 0 Å². The molecule has 0 amide bonds. The first-order valence-corrected chi connectivity index (χ1v) is 10.6. The van der Waals surface area contributed by atoms with Gasteiger partial charge in [-0.2, -0.15) is 4.98 Å². The van der Waals surface area contributed by atoms with Gasteiger partial charge in [0.15, 0.2) is 11.8 Å². The highest BCUT2D eigenvalue weighted by molar-refractivity contribution is 14.0. The molecule has 0 radical (unpaired) electrons. The molecule has 1 aliphatic rings. The molecule has 2 aromatic rings. The first-order chi connectivity index (χ1) is 13.2. The lowest BCUT2D eigenvalue weighted by molar-refractivity contribution is 0.368. The van der Waals surface area contributed by atoms with Crippen molar-refractivity contribution in [3.05, 3.63) is 29.2 Å². The Labute approximate surface area is 188 Å². The van der Waals surface area contributed by atoms with Crippen LogP contribution < -0.4 is 15.5 Å². The van der Waals surface area contributed by atoms with Gasteiger partial charge in [-0.05, 0) is 36.8 Å². The minimum atomic E-state index is 0. The van der Waals surface area contributed by atoms with Crippen molar-refractivity contribution >= 4 is 46.3 Å². The van der Waals surface area contributed by atoms with E-state index in [0.717, 1.165) is 57.1 Å². The molecule has 0 saturated carbocycles. The molecule has 7 nitrogen and oxygen atoms in total. The van der Waals surface area contributed by atoms with E-state index in [1.54, 1.807) is 0 Å². The van der Waals surface area contributed by atoms with Crippen LogP contribution in [0.4, 0.5) is 5.00 Å². The molecule has 28 heavy (non-hydrogen) atoms. The van der Waals surface area contributed by atoms with Gasteiger partial charge in [0, 0.05) is 45.1 Å². The monoisotopic (exact) mass is 518 g/mol. The number of hydrogen-bond donors (Lipinski definition) is 2. The van der Waals surface area contributed by atoms with Crippen LogP contribution in [-0.4, -0.2) is 48.8 Å². The van der Waals surface area contributed by atoms with Crippen LogP contribution in [0.2, 0.25) is 0 Å². The summed E-state index contributed by atoms with van der Waals surface area (Å²) in [7, 11) is 1.82. The van der Waals surface area contributed by atoms with E-state index in [1.165, 1.54) is 5.00 Å². The zero-order valence-corrected chi connectivity index (χ0v) is 20.0. The zero-order chi connectivity index (χ0) is 19.1. The maximum absolute atomic E-state index is 5.28. The highest BCUT2D eigenvalue weighted by atomic mass is 127. The Morgan fingerprint density at radius 2 is 2.18 bits per heavy atom. The molecule has 156 valence electrons. The van der Waals surface area contributed by atoms with Crippen molar-refractivity contribution in [2.75, 3.05) is 31.6 Å². The molecule has 1 aliphatic heterocycles. The maximum Gasteiger partial charge on any atom is 0.226 e. The smallest absolute Gasteiger partial charge is 0.226 e. The van der Waals surface area contributed by atoms with Crippen molar-refractivity contribution in [1.82, 2.24) is 20.8 Å². The van der Waals surface area contributed by atoms with Crippen molar-refractivity contribution < 1.29 is 4.52 Å². The summed E-state index contributed by atoms with van der Waals surface area (Å²) < 4.78 is 5.28. The van der Waals surface area contributed by atoms with E-state index in [2.05, 4.69) is 62.0 Å². The van der Waals surface area contributed by atoms with Gasteiger partial charge in [-0.15, -0.1) is 35.3 Å². The highest BCUT2D eigenvalue weighted by Gasteiger charge is 2.20. The second-order valence-electron chi connectivity index (χ2n) is 7.16. The van der Waals surface area contributed by atoms with Crippen molar-refractivity contribution in [2.45, 2.75) is 51.5 Å². The molecular formula is C19H31IN6OS. The topological polar surface area (TPSA) is 78.6 Å². The van der Waals surface area contributed by atoms with Crippen LogP contribution in [0.25, 0.3) is 0 Å². The first-order valence-electron chi connectivity index (χ1n) is 9.74. The molecule has 2 N–H and O–H groups in total. The number of guanidine groups is 1. The van der Waals surface area contributed by atoms with Gasteiger partial charge in [0.2, 0.25) is 5.89 Å². The van der Waals surface area contributed by atoms with Crippen LogP contribution in [0.3, 0.4) is 0 Å². The summed E-state index contributed by atoms with van der Waals surface area (Å²) >= 11 is 1.82. The fourth-order valence-electron chi connectivity index (χ4n) is 3.13. The molecule has 1 saturated heterocycles. The molecule has 1 fully saturated rings. The molecule has 3 heterocycles. The molecule has 0 aromatic carbocycles. The summed E-state index contributed by atoms with van der Waals surface area (Å²) in [5.41, 5.74) is 0. The summed E-state index contributed by atoms with van der Waals surface area (Å²) in [5, 5.41) is 14.5. The van der Waals surface area contributed by atoms with E-state index in [4.69, 9.17) is 4.52 Å². The van der Waals surface area contributed by atoms with E-state index in [0.29, 0.717) is 17.9 Å². The molecule has 2 aromatic heterocycles. The van der Waals surface area contributed by atoms with E-state index in [-0.39, 0.29) is 24.0 Å². The number of hydrogen-bond acceptors (Lipinski definition) is 6. The van der Waals surface area contributed by atoms with Crippen LogP contribution in [-0.2, 0) is 6.42 Å². The quantitative estimate of drug-likeness (QED) is 0.252. The lowest BCUT2D eigenvalue weighted by atomic mass is 10.1. The van der Waals surface area contributed by atoms with Crippen LogP contribution in [0.15, 0.2) is 27.0 Å². The number of nitrogens with zero attached hydrogens (tertiary/aromatic N) is 4. The molecule has 0 spiro atoms. The second kappa shape index (κ2) is 11.6. The predicted octanol–water partition coefficient (Wildman–Crippen LogP) is 3.64. The Kier molecular flexibility index (Phi) is 9.49. The van der Waals surface area contributed by atoms with Gasteiger partial charge >= 0.3 is 0 Å². The van der Waals surface area contributed by atoms with Gasteiger partial charge in [0.1, 0.15) is 0 Å². The number of piperidine rings is 1. The lowest BCUT2D eigenvalue weighted by Crippen LogP contribution is -2.48. The number of thiophene rings is 1. The van der Waals surface area contributed by atoms with Crippen molar-refractivity contribution in [1.29, 1.82) is 0 Å². The van der Waals surface area contributed by atoms with E-state index < -0.39 is 0 Å². The third kappa shape index (κ3) is 6.61. The first kappa shape index (κ1) is 22.9. The average molecular weight is 518 g/mol. The van der Waals surface area contributed by atoms with Gasteiger partial charge in [-0.25, -0.2) is 0 Å².